The van der Waals surface area contributed by atoms with E-state index in [1.807, 2.05) is 6.92 Å². The smallest absolute Gasteiger partial charge is 0.308 e. The van der Waals surface area contributed by atoms with Gasteiger partial charge < -0.3 is 10.1 Å². The largest absolute Gasteiger partial charge is 0.466 e. The molecular weight excluding hydrogens is 264 g/mol. The average molecular weight is 283 g/mol. The van der Waals surface area contributed by atoms with Crippen molar-refractivity contribution in [2.45, 2.75) is 38.6 Å². The number of pyridine rings is 1. The number of nitrogens with zero attached hydrogens (tertiary/aromatic N) is 1. The van der Waals surface area contributed by atoms with Gasteiger partial charge in [-0.3, -0.25) is 9.78 Å². The molecule has 1 aliphatic rings. The highest BCUT2D eigenvalue weighted by molar-refractivity contribution is 6.33. The predicted octanol–water partition coefficient (Wildman–Crippen LogP) is 3.27. The zero-order valence-corrected chi connectivity index (χ0v) is 11.8. The number of aromatic nitrogens is 1. The lowest BCUT2D eigenvalue weighted by Crippen LogP contribution is -2.32. The second-order valence-electron chi connectivity index (χ2n) is 4.81. The Bertz CT molecular complexity index is 439. The monoisotopic (exact) mass is 282 g/mol. The maximum absolute atomic E-state index is 11.8. The third-order valence-electron chi connectivity index (χ3n) is 3.42. The van der Waals surface area contributed by atoms with Crippen LogP contribution in [0.3, 0.4) is 0 Å². The first kappa shape index (κ1) is 14.1. The third kappa shape index (κ3) is 3.83. The number of ether oxygens (including phenoxy) is 1. The van der Waals surface area contributed by atoms with E-state index in [1.54, 1.807) is 18.5 Å². The van der Waals surface area contributed by atoms with Gasteiger partial charge in [-0.25, -0.2) is 0 Å². The van der Waals surface area contributed by atoms with E-state index in [4.69, 9.17) is 16.3 Å². The van der Waals surface area contributed by atoms with Gasteiger partial charge in [-0.2, -0.15) is 0 Å². The molecule has 0 bridgehead atoms. The van der Waals surface area contributed by atoms with Crippen LogP contribution < -0.4 is 5.32 Å². The summed E-state index contributed by atoms with van der Waals surface area (Å²) in [5, 5.41) is 4.03. The number of anilines is 1. The van der Waals surface area contributed by atoms with Crippen LogP contribution in [-0.4, -0.2) is 23.6 Å². The van der Waals surface area contributed by atoms with Crippen LogP contribution in [0.2, 0.25) is 5.02 Å². The quantitative estimate of drug-likeness (QED) is 0.861. The van der Waals surface area contributed by atoms with Crippen LogP contribution in [0, 0.1) is 5.92 Å². The summed E-state index contributed by atoms with van der Waals surface area (Å²) in [5.41, 5.74) is 0.832. The first-order valence-corrected chi connectivity index (χ1v) is 7.11. The maximum atomic E-state index is 11.8. The molecule has 1 N–H and O–H groups in total. The molecule has 2 rings (SSSR count). The van der Waals surface area contributed by atoms with Crippen LogP contribution >= 0.6 is 11.6 Å². The molecule has 0 amide bonds. The summed E-state index contributed by atoms with van der Waals surface area (Å²) in [6, 6.07) is 2.01. The molecule has 0 spiro atoms. The molecule has 0 radical (unpaired) electrons. The van der Waals surface area contributed by atoms with Crippen molar-refractivity contribution < 1.29 is 9.53 Å². The molecule has 2 unspecified atom stereocenters. The van der Waals surface area contributed by atoms with Gasteiger partial charge >= 0.3 is 5.97 Å². The molecule has 0 aromatic carbocycles. The molecule has 1 aromatic heterocycles. The van der Waals surface area contributed by atoms with Gasteiger partial charge in [0, 0.05) is 12.2 Å². The van der Waals surface area contributed by atoms with Gasteiger partial charge in [-0.05, 0) is 32.3 Å². The molecule has 4 nitrogen and oxygen atoms in total. The molecule has 19 heavy (non-hydrogen) atoms. The van der Waals surface area contributed by atoms with Crippen molar-refractivity contribution >= 4 is 23.3 Å². The van der Waals surface area contributed by atoms with E-state index in [1.165, 1.54) is 0 Å². The summed E-state index contributed by atoms with van der Waals surface area (Å²) in [6.45, 7) is 2.29. The van der Waals surface area contributed by atoms with Gasteiger partial charge in [0.05, 0.1) is 29.4 Å². The summed E-state index contributed by atoms with van der Waals surface area (Å²) in [5.74, 6) is -0.0760. The predicted molar refractivity (Wildman–Crippen MR) is 75.2 cm³/mol. The average Bonchev–Trinajstić information content (AvgIpc) is 2.42. The topological polar surface area (TPSA) is 51.2 Å². The third-order valence-corrected chi connectivity index (χ3v) is 3.75. The molecule has 0 saturated heterocycles. The standard InChI is InChI=1S/C14H19ClN2O2/c1-2-19-14(18)10-4-3-5-11(8-10)17-13-9-16-7-6-12(13)15/h6-7,9-11,17H,2-5,8H2,1H3. The van der Waals surface area contributed by atoms with E-state index in [9.17, 15) is 4.79 Å². The Kier molecular flexibility index (Phi) is 5.02. The van der Waals surface area contributed by atoms with Crippen molar-refractivity contribution in [2.24, 2.45) is 5.92 Å². The highest BCUT2D eigenvalue weighted by Gasteiger charge is 2.28. The Morgan fingerprint density at radius 1 is 1.58 bits per heavy atom. The molecule has 1 saturated carbocycles. The summed E-state index contributed by atoms with van der Waals surface area (Å²) in [4.78, 5) is 15.8. The Hall–Kier alpha value is -1.29. The summed E-state index contributed by atoms with van der Waals surface area (Å²) >= 11 is 6.10. The van der Waals surface area contributed by atoms with Crippen LogP contribution in [-0.2, 0) is 9.53 Å². The molecule has 2 atom stereocenters. The Labute approximate surface area is 118 Å². The van der Waals surface area contributed by atoms with Crippen LogP contribution in [0.25, 0.3) is 0 Å². The van der Waals surface area contributed by atoms with Crippen molar-refractivity contribution in [2.75, 3.05) is 11.9 Å². The van der Waals surface area contributed by atoms with Crippen molar-refractivity contribution in [3.05, 3.63) is 23.5 Å². The summed E-state index contributed by atoms with van der Waals surface area (Å²) in [7, 11) is 0. The molecule has 0 aliphatic heterocycles. The zero-order valence-electron chi connectivity index (χ0n) is 11.1. The number of halogens is 1. The highest BCUT2D eigenvalue weighted by atomic mass is 35.5. The van der Waals surface area contributed by atoms with E-state index in [0.717, 1.165) is 31.4 Å². The Morgan fingerprint density at radius 2 is 2.42 bits per heavy atom. The van der Waals surface area contributed by atoms with Crippen molar-refractivity contribution in [3.63, 3.8) is 0 Å². The van der Waals surface area contributed by atoms with Gasteiger partial charge in [-0.15, -0.1) is 0 Å². The lowest BCUT2D eigenvalue weighted by molar-refractivity contribution is -0.149. The lowest BCUT2D eigenvalue weighted by atomic mass is 9.85. The van der Waals surface area contributed by atoms with E-state index < -0.39 is 0 Å². The highest BCUT2D eigenvalue weighted by Crippen LogP contribution is 2.29. The Balaban J connectivity index is 1.94. The maximum Gasteiger partial charge on any atom is 0.308 e. The van der Waals surface area contributed by atoms with Gasteiger partial charge in [0.25, 0.3) is 0 Å². The molecule has 104 valence electrons. The van der Waals surface area contributed by atoms with E-state index in [0.29, 0.717) is 11.6 Å². The fourth-order valence-electron chi connectivity index (χ4n) is 2.50. The second kappa shape index (κ2) is 6.75. The minimum atomic E-state index is -0.0775. The number of esters is 1. The summed E-state index contributed by atoms with van der Waals surface area (Å²) < 4.78 is 5.10. The van der Waals surface area contributed by atoms with Gasteiger partial charge in [0.2, 0.25) is 0 Å². The van der Waals surface area contributed by atoms with Gasteiger partial charge in [0.1, 0.15) is 0 Å². The van der Waals surface area contributed by atoms with Crippen LogP contribution in [0.5, 0.6) is 0 Å². The fraction of sp³-hybridized carbons (Fsp3) is 0.571. The molecule has 1 aliphatic carbocycles. The molecule has 1 fully saturated rings. The molecule has 1 aromatic rings. The number of hydrogen-bond acceptors (Lipinski definition) is 4. The van der Waals surface area contributed by atoms with Crippen LogP contribution in [0.1, 0.15) is 32.6 Å². The van der Waals surface area contributed by atoms with Crippen molar-refractivity contribution in [1.29, 1.82) is 0 Å². The molecule has 5 heteroatoms. The normalized spacial score (nSPS) is 22.8. The summed E-state index contributed by atoms with van der Waals surface area (Å²) in [6.07, 6.45) is 7.16. The number of carbonyl (C=O) groups excluding carboxylic acids is 1. The van der Waals surface area contributed by atoms with Crippen molar-refractivity contribution in [1.82, 2.24) is 4.98 Å². The SMILES string of the molecule is CCOC(=O)C1CCCC(Nc2cnccc2Cl)C1. The second-order valence-corrected chi connectivity index (χ2v) is 5.22. The van der Waals surface area contributed by atoms with Gasteiger partial charge in [0.15, 0.2) is 0 Å². The van der Waals surface area contributed by atoms with E-state index >= 15 is 0 Å². The van der Waals surface area contributed by atoms with Crippen LogP contribution in [0.4, 0.5) is 5.69 Å². The van der Waals surface area contributed by atoms with E-state index in [2.05, 4.69) is 10.3 Å². The number of carbonyl (C=O) groups is 1. The van der Waals surface area contributed by atoms with Crippen LogP contribution in [0.15, 0.2) is 18.5 Å². The minimum absolute atomic E-state index is 0.00152. The zero-order chi connectivity index (χ0) is 13.7. The first-order valence-electron chi connectivity index (χ1n) is 6.73. The van der Waals surface area contributed by atoms with E-state index in [-0.39, 0.29) is 17.9 Å². The van der Waals surface area contributed by atoms with Gasteiger partial charge in [-0.1, -0.05) is 18.0 Å². The number of hydrogen-bond donors (Lipinski definition) is 1. The molecular formula is C14H19ClN2O2. The molecule has 1 heterocycles. The minimum Gasteiger partial charge on any atom is -0.466 e. The Morgan fingerprint density at radius 3 is 3.16 bits per heavy atom. The fourth-order valence-corrected chi connectivity index (χ4v) is 2.66. The van der Waals surface area contributed by atoms with Crippen molar-refractivity contribution in [3.8, 4) is 0 Å². The number of rotatable bonds is 4. The number of nitrogens with one attached hydrogen (secondary N) is 1. The lowest BCUT2D eigenvalue weighted by Gasteiger charge is -2.29. The first-order chi connectivity index (χ1) is 9.20.